The second kappa shape index (κ2) is 5.70. The van der Waals surface area contributed by atoms with Crippen molar-refractivity contribution in [1.82, 2.24) is 4.90 Å². The molecule has 1 aliphatic rings. The largest absolute Gasteiger partial charge is 0.466 e. The van der Waals surface area contributed by atoms with Crippen LogP contribution in [-0.4, -0.2) is 49.2 Å². The summed E-state index contributed by atoms with van der Waals surface area (Å²) < 4.78 is 9.70. The Hall–Kier alpha value is -1.10. The molecule has 0 aromatic rings. The first-order valence-corrected chi connectivity index (χ1v) is 5.25. The van der Waals surface area contributed by atoms with Gasteiger partial charge in [0.1, 0.15) is 6.04 Å². The molecular formula is C10H17NO4. The van der Waals surface area contributed by atoms with Crippen molar-refractivity contribution >= 4 is 11.9 Å². The molecule has 15 heavy (non-hydrogen) atoms. The lowest BCUT2D eigenvalue weighted by Gasteiger charge is -2.15. The second-order valence-electron chi connectivity index (χ2n) is 3.31. The number of esters is 2. The van der Waals surface area contributed by atoms with Crippen molar-refractivity contribution in [2.24, 2.45) is 0 Å². The van der Waals surface area contributed by atoms with Crippen LogP contribution < -0.4 is 0 Å². The lowest BCUT2D eigenvalue weighted by Crippen LogP contribution is -2.34. The number of ether oxygens (including phenoxy) is 2. The van der Waals surface area contributed by atoms with E-state index in [-0.39, 0.29) is 18.4 Å². The molecule has 0 aromatic heterocycles. The first-order chi connectivity index (χ1) is 7.19. The van der Waals surface area contributed by atoms with Gasteiger partial charge >= 0.3 is 11.9 Å². The van der Waals surface area contributed by atoms with Gasteiger partial charge in [0.15, 0.2) is 0 Å². The molecule has 86 valence electrons. The molecule has 0 amide bonds. The smallest absolute Gasteiger partial charge is 0.323 e. The SMILES string of the molecule is CCOC(=O)CC(C(=O)OCC)N1CC1. The maximum atomic E-state index is 11.5. The Bertz CT molecular complexity index is 238. The van der Waals surface area contributed by atoms with Crippen molar-refractivity contribution in [2.75, 3.05) is 26.3 Å². The molecule has 0 N–H and O–H groups in total. The van der Waals surface area contributed by atoms with Crippen LogP contribution in [0.15, 0.2) is 0 Å². The first kappa shape index (κ1) is 12.0. The van der Waals surface area contributed by atoms with Gasteiger partial charge in [-0.15, -0.1) is 0 Å². The van der Waals surface area contributed by atoms with Crippen LogP contribution in [0.2, 0.25) is 0 Å². The lowest BCUT2D eigenvalue weighted by molar-refractivity contribution is -0.154. The predicted molar refractivity (Wildman–Crippen MR) is 53.2 cm³/mol. The fourth-order valence-electron chi connectivity index (χ4n) is 1.35. The van der Waals surface area contributed by atoms with Gasteiger partial charge in [0, 0.05) is 13.1 Å². The van der Waals surface area contributed by atoms with E-state index >= 15 is 0 Å². The summed E-state index contributed by atoms with van der Waals surface area (Å²) in [6, 6.07) is -0.455. The van der Waals surface area contributed by atoms with Crippen LogP contribution in [-0.2, 0) is 19.1 Å². The van der Waals surface area contributed by atoms with Crippen molar-refractivity contribution in [3.63, 3.8) is 0 Å². The Labute approximate surface area is 89.3 Å². The van der Waals surface area contributed by atoms with Gasteiger partial charge in [0.2, 0.25) is 0 Å². The summed E-state index contributed by atoms with van der Waals surface area (Å²) in [6.07, 6.45) is 0.0900. The van der Waals surface area contributed by atoms with E-state index < -0.39 is 6.04 Å². The third-order valence-electron chi connectivity index (χ3n) is 2.15. The molecule has 0 spiro atoms. The zero-order chi connectivity index (χ0) is 11.3. The maximum Gasteiger partial charge on any atom is 0.323 e. The molecule has 0 saturated carbocycles. The van der Waals surface area contributed by atoms with Crippen molar-refractivity contribution < 1.29 is 19.1 Å². The van der Waals surface area contributed by atoms with Gasteiger partial charge in [-0.1, -0.05) is 0 Å². The van der Waals surface area contributed by atoms with E-state index in [2.05, 4.69) is 0 Å². The molecule has 5 heteroatoms. The van der Waals surface area contributed by atoms with E-state index in [0.29, 0.717) is 13.2 Å². The summed E-state index contributed by atoms with van der Waals surface area (Å²) >= 11 is 0. The normalized spacial score (nSPS) is 16.9. The van der Waals surface area contributed by atoms with E-state index in [4.69, 9.17) is 9.47 Å². The van der Waals surface area contributed by atoms with Crippen molar-refractivity contribution in [3.8, 4) is 0 Å². The highest BCUT2D eigenvalue weighted by molar-refractivity contribution is 5.83. The molecular weight excluding hydrogens is 198 g/mol. The van der Waals surface area contributed by atoms with Crippen LogP contribution in [0.25, 0.3) is 0 Å². The lowest BCUT2D eigenvalue weighted by atomic mass is 10.2. The predicted octanol–water partition coefficient (Wildman–Crippen LogP) is 0.187. The Balaban J connectivity index is 2.43. The van der Waals surface area contributed by atoms with Gasteiger partial charge < -0.3 is 9.47 Å². The molecule has 1 aliphatic heterocycles. The topological polar surface area (TPSA) is 55.6 Å². The molecule has 1 atom stereocenters. The Kier molecular flexibility index (Phi) is 4.55. The molecule has 0 bridgehead atoms. The van der Waals surface area contributed by atoms with E-state index in [1.807, 2.05) is 4.90 Å². The summed E-state index contributed by atoms with van der Waals surface area (Å²) in [7, 11) is 0. The van der Waals surface area contributed by atoms with Gasteiger partial charge in [-0.05, 0) is 13.8 Å². The summed E-state index contributed by atoms with van der Waals surface area (Å²) in [4.78, 5) is 24.6. The molecule has 5 nitrogen and oxygen atoms in total. The minimum absolute atomic E-state index is 0.0900. The average molecular weight is 215 g/mol. The van der Waals surface area contributed by atoms with E-state index in [1.54, 1.807) is 13.8 Å². The quantitative estimate of drug-likeness (QED) is 0.467. The highest BCUT2D eigenvalue weighted by atomic mass is 16.5. The third-order valence-corrected chi connectivity index (χ3v) is 2.15. The van der Waals surface area contributed by atoms with Gasteiger partial charge in [-0.3, -0.25) is 14.5 Å². The van der Waals surface area contributed by atoms with Crippen molar-refractivity contribution in [2.45, 2.75) is 26.3 Å². The highest BCUT2D eigenvalue weighted by Gasteiger charge is 2.36. The average Bonchev–Trinajstić information content (AvgIpc) is 2.98. The second-order valence-corrected chi connectivity index (χ2v) is 3.31. The molecule has 1 rings (SSSR count). The molecule has 0 radical (unpaired) electrons. The van der Waals surface area contributed by atoms with E-state index in [9.17, 15) is 9.59 Å². The summed E-state index contributed by atoms with van der Waals surface area (Å²) in [5.74, 6) is -0.675. The van der Waals surface area contributed by atoms with Crippen molar-refractivity contribution in [3.05, 3.63) is 0 Å². The number of hydrogen-bond acceptors (Lipinski definition) is 5. The Morgan fingerprint density at radius 1 is 1.20 bits per heavy atom. The van der Waals surface area contributed by atoms with Crippen LogP contribution in [0, 0.1) is 0 Å². The molecule has 1 heterocycles. The summed E-state index contributed by atoms with van der Waals surface area (Å²) in [5, 5.41) is 0. The maximum absolute atomic E-state index is 11.5. The van der Waals surface area contributed by atoms with Gasteiger partial charge in [-0.2, -0.15) is 0 Å². The van der Waals surface area contributed by atoms with Crippen LogP contribution in [0.1, 0.15) is 20.3 Å². The van der Waals surface area contributed by atoms with Crippen LogP contribution in [0.5, 0.6) is 0 Å². The van der Waals surface area contributed by atoms with E-state index in [1.165, 1.54) is 0 Å². The molecule has 1 unspecified atom stereocenters. The number of rotatable bonds is 6. The molecule has 1 fully saturated rings. The standard InChI is InChI=1S/C10H17NO4/c1-3-14-9(12)7-8(11-5-6-11)10(13)15-4-2/h8H,3-7H2,1-2H3. The number of nitrogens with zero attached hydrogens (tertiary/aromatic N) is 1. The van der Waals surface area contributed by atoms with Crippen molar-refractivity contribution in [1.29, 1.82) is 0 Å². The zero-order valence-electron chi connectivity index (χ0n) is 9.19. The van der Waals surface area contributed by atoms with Crippen LogP contribution >= 0.6 is 0 Å². The van der Waals surface area contributed by atoms with Crippen LogP contribution in [0.4, 0.5) is 0 Å². The number of carbonyl (C=O) groups is 2. The molecule has 0 aromatic carbocycles. The molecule has 0 aliphatic carbocycles. The van der Waals surface area contributed by atoms with Gasteiger partial charge in [0.05, 0.1) is 19.6 Å². The minimum atomic E-state index is -0.455. The Morgan fingerprint density at radius 2 is 1.80 bits per heavy atom. The Morgan fingerprint density at radius 3 is 2.27 bits per heavy atom. The number of hydrogen-bond donors (Lipinski definition) is 0. The van der Waals surface area contributed by atoms with Crippen LogP contribution in [0.3, 0.4) is 0 Å². The third kappa shape index (κ3) is 3.87. The fourth-order valence-corrected chi connectivity index (χ4v) is 1.35. The monoisotopic (exact) mass is 215 g/mol. The summed E-state index contributed by atoms with van der Waals surface area (Å²) in [6.45, 7) is 5.88. The molecule has 1 saturated heterocycles. The van der Waals surface area contributed by atoms with E-state index in [0.717, 1.165) is 13.1 Å². The number of carbonyl (C=O) groups excluding carboxylic acids is 2. The minimum Gasteiger partial charge on any atom is -0.466 e. The van der Waals surface area contributed by atoms with Gasteiger partial charge in [0.25, 0.3) is 0 Å². The zero-order valence-corrected chi connectivity index (χ0v) is 9.19. The van der Waals surface area contributed by atoms with Gasteiger partial charge in [-0.25, -0.2) is 0 Å². The fraction of sp³-hybridized carbons (Fsp3) is 0.800. The summed E-state index contributed by atoms with van der Waals surface area (Å²) in [5.41, 5.74) is 0. The highest BCUT2D eigenvalue weighted by Crippen LogP contribution is 2.16. The first-order valence-electron chi connectivity index (χ1n) is 5.25.